The van der Waals surface area contributed by atoms with Crippen LogP contribution in [-0.4, -0.2) is 36.7 Å². The Balaban J connectivity index is 1.86. The van der Waals surface area contributed by atoms with Gasteiger partial charge in [0, 0.05) is 12.0 Å². The zero-order valence-corrected chi connectivity index (χ0v) is 15.5. The maximum Gasteiger partial charge on any atom is 0.494 e. The summed E-state index contributed by atoms with van der Waals surface area (Å²) in [6.07, 6.45) is 0.717. The van der Waals surface area contributed by atoms with Gasteiger partial charge in [-0.2, -0.15) is 0 Å². The maximum absolute atomic E-state index is 12.4. The van der Waals surface area contributed by atoms with Gasteiger partial charge in [0.1, 0.15) is 0 Å². The summed E-state index contributed by atoms with van der Waals surface area (Å²) in [5.41, 5.74) is 1.57. The van der Waals surface area contributed by atoms with Gasteiger partial charge in [0.2, 0.25) is 0 Å². The van der Waals surface area contributed by atoms with E-state index in [-0.39, 0.29) is 18.2 Å². The summed E-state index contributed by atoms with van der Waals surface area (Å²) in [6, 6.07) is 5.63. The Morgan fingerprint density at radius 2 is 1.84 bits per heavy atom. The lowest BCUT2D eigenvalue weighted by Crippen LogP contribution is -2.41. The lowest BCUT2D eigenvalue weighted by atomic mass is 9.74. The molecule has 1 atom stereocenters. The van der Waals surface area contributed by atoms with Crippen molar-refractivity contribution < 1.29 is 23.6 Å². The summed E-state index contributed by atoms with van der Waals surface area (Å²) in [4.78, 5) is 24.4. The summed E-state index contributed by atoms with van der Waals surface area (Å²) >= 11 is 0. The normalized spacial score (nSPS) is 24.1. The van der Waals surface area contributed by atoms with Crippen LogP contribution in [0.1, 0.15) is 57.0 Å². The fraction of sp³-hybridized carbons (Fsp3) is 0.579. The van der Waals surface area contributed by atoms with E-state index in [2.05, 4.69) is 0 Å². The average Bonchev–Trinajstić information content (AvgIpc) is 2.75. The van der Waals surface area contributed by atoms with Crippen molar-refractivity contribution >= 4 is 24.3 Å². The van der Waals surface area contributed by atoms with Crippen molar-refractivity contribution in [2.45, 2.75) is 58.7 Å². The zero-order valence-electron chi connectivity index (χ0n) is 15.5. The largest absolute Gasteiger partial charge is 0.494 e. The Bertz CT molecular complexity index is 694. The molecule has 0 radical (unpaired) electrons. The van der Waals surface area contributed by atoms with E-state index >= 15 is 0 Å². The second-order valence-electron chi connectivity index (χ2n) is 7.79. The van der Waals surface area contributed by atoms with Crippen LogP contribution in [0.5, 0.6) is 0 Å². The fourth-order valence-electron chi connectivity index (χ4n) is 3.28. The van der Waals surface area contributed by atoms with Crippen molar-refractivity contribution in [3.63, 3.8) is 0 Å². The first-order valence-corrected chi connectivity index (χ1v) is 8.83. The van der Waals surface area contributed by atoms with Gasteiger partial charge in [-0.25, -0.2) is 0 Å². The second kappa shape index (κ2) is 6.25. The summed E-state index contributed by atoms with van der Waals surface area (Å²) in [5, 5.41) is 0. The molecule has 1 unspecified atom stereocenters. The van der Waals surface area contributed by atoms with Crippen molar-refractivity contribution in [3.05, 3.63) is 29.3 Å². The molecule has 0 bridgehead atoms. The number of esters is 1. The molecule has 0 amide bonds. The molecule has 1 aromatic carbocycles. The van der Waals surface area contributed by atoms with Crippen LogP contribution in [-0.2, 0) is 25.3 Å². The SMILES string of the molecule is CCOC(=O)C1CC(=O)c2ccc(B3OC(C)(C)C(C)(C)O3)cc2C1. The molecule has 0 spiro atoms. The first-order chi connectivity index (χ1) is 11.6. The Morgan fingerprint density at radius 3 is 2.44 bits per heavy atom. The molecule has 1 heterocycles. The minimum Gasteiger partial charge on any atom is -0.466 e. The predicted octanol–water partition coefficient (Wildman–Crippen LogP) is 2.29. The van der Waals surface area contributed by atoms with Crippen LogP contribution in [0.15, 0.2) is 18.2 Å². The van der Waals surface area contributed by atoms with Crippen molar-refractivity contribution in [2.75, 3.05) is 6.61 Å². The summed E-state index contributed by atoms with van der Waals surface area (Å²) in [6.45, 7) is 10.1. The van der Waals surface area contributed by atoms with Gasteiger partial charge in [-0.3, -0.25) is 9.59 Å². The van der Waals surface area contributed by atoms with E-state index in [9.17, 15) is 9.59 Å². The molecule has 134 valence electrons. The highest BCUT2D eigenvalue weighted by Gasteiger charge is 2.51. The molecule has 5 nitrogen and oxygen atoms in total. The van der Waals surface area contributed by atoms with E-state index in [1.165, 1.54) is 0 Å². The van der Waals surface area contributed by atoms with Gasteiger partial charge in [0.05, 0.1) is 23.7 Å². The van der Waals surface area contributed by atoms with E-state index in [1.54, 1.807) is 6.92 Å². The smallest absolute Gasteiger partial charge is 0.466 e. The third kappa shape index (κ3) is 3.25. The topological polar surface area (TPSA) is 61.8 Å². The molecule has 0 saturated carbocycles. The number of carbonyl (C=O) groups excluding carboxylic acids is 2. The van der Waals surface area contributed by atoms with Crippen LogP contribution in [0.25, 0.3) is 0 Å². The highest BCUT2D eigenvalue weighted by atomic mass is 16.7. The summed E-state index contributed by atoms with van der Waals surface area (Å²) in [7, 11) is -0.478. The molecule has 25 heavy (non-hydrogen) atoms. The van der Waals surface area contributed by atoms with Gasteiger partial charge >= 0.3 is 13.1 Å². The van der Waals surface area contributed by atoms with Gasteiger partial charge < -0.3 is 14.0 Å². The van der Waals surface area contributed by atoms with Crippen LogP contribution < -0.4 is 5.46 Å². The van der Waals surface area contributed by atoms with Crippen LogP contribution in [0.4, 0.5) is 0 Å². The van der Waals surface area contributed by atoms with E-state index in [0.717, 1.165) is 11.0 Å². The van der Waals surface area contributed by atoms with E-state index in [4.69, 9.17) is 14.0 Å². The number of hydrogen-bond donors (Lipinski definition) is 0. The lowest BCUT2D eigenvalue weighted by molar-refractivity contribution is -0.148. The molecule has 6 heteroatoms. The number of benzene rings is 1. The molecule has 0 N–H and O–H groups in total. The molecule has 1 aliphatic heterocycles. The van der Waals surface area contributed by atoms with Crippen molar-refractivity contribution in [2.24, 2.45) is 5.92 Å². The number of ketones is 1. The lowest BCUT2D eigenvalue weighted by Gasteiger charge is -2.32. The molecule has 1 saturated heterocycles. The van der Waals surface area contributed by atoms with Crippen molar-refractivity contribution in [1.29, 1.82) is 0 Å². The predicted molar refractivity (Wildman–Crippen MR) is 94.9 cm³/mol. The number of fused-ring (bicyclic) bond motifs is 1. The highest BCUT2D eigenvalue weighted by molar-refractivity contribution is 6.62. The number of hydrogen-bond acceptors (Lipinski definition) is 5. The third-order valence-corrected chi connectivity index (χ3v) is 5.47. The van der Waals surface area contributed by atoms with Gasteiger partial charge in [-0.15, -0.1) is 0 Å². The quantitative estimate of drug-likeness (QED) is 0.622. The number of carbonyl (C=O) groups is 2. The van der Waals surface area contributed by atoms with E-state index < -0.39 is 24.2 Å². The zero-order chi connectivity index (χ0) is 18.4. The highest BCUT2D eigenvalue weighted by Crippen LogP contribution is 2.37. The Morgan fingerprint density at radius 1 is 1.20 bits per heavy atom. The van der Waals surface area contributed by atoms with Gasteiger partial charge in [0.15, 0.2) is 5.78 Å². The van der Waals surface area contributed by atoms with Gasteiger partial charge in [-0.1, -0.05) is 18.2 Å². The first-order valence-electron chi connectivity index (χ1n) is 8.83. The monoisotopic (exact) mass is 344 g/mol. The molecule has 0 aromatic heterocycles. The Hall–Kier alpha value is -1.66. The molecule has 3 rings (SSSR count). The molecular weight excluding hydrogens is 319 g/mol. The third-order valence-electron chi connectivity index (χ3n) is 5.47. The van der Waals surface area contributed by atoms with Crippen LogP contribution in [0.2, 0.25) is 0 Å². The maximum atomic E-state index is 12.4. The summed E-state index contributed by atoms with van der Waals surface area (Å²) in [5.74, 6) is -0.726. The average molecular weight is 344 g/mol. The van der Waals surface area contributed by atoms with E-state index in [1.807, 2.05) is 45.9 Å². The van der Waals surface area contributed by atoms with Crippen LogP contribution in [0, 0.1) is 5.92 Å². The van der Waals surface area contributed by atoms with Crippen LogP contribution >= 0.6 is 0 Å². The summed E-state index contributed by atoms with van der Waals surface area (Å²) < 4.78 is 17.3. The minimum absolute atomic E-state index is 0.0141. The molecule has 1 fully saturated rings. The second-order valence-corrected chi connectivity index (χ2v) is 7.79. The standard InChI is InChI=1S/C19H25BO5/c1-6-23-17(22)13-9-12-10-14(7-8-15(12)16(21)11-13)20-24-18(2,3)19(4,5)25-20/h7-8,10,13H,6,9,11H2,1-5H3. The van der Waals surface area contributed by atoms with Crippen molar-refractivity contribution in [3.8, 4) is 0 Å². The molecule has 1 aliphatic carbocycles. The molecule has 1 aromatic rings. The van der Waals surface area contributed by atoms with Gasteiger partial charge in [0.25, 0.3) is 0 Å². The van der Waals surface area contributed by atoms with Crippen LogP contribution in [0.3, 0.4) is 0 Å². The molecular formula is C19H25BO5. The Kier molecular flexibility index (Phi) is 4.54. The van der Waals surface area contributed by atoms with E-state index in [0.29, 0.717) is 18.6 Å². The van der Waals surface area contributed by atoms with Crippen molar-refractivity contribution in [1.82, 2.24) is 0 Å². The number of Topliss-reactive ketones (excluding diaryl/α,β-unsaturated/α-hetero) is 1. The minimum atomic E-state index is -0.478. The molecule has 2 aliphatic rings. The Labute approximate surface area is 149 Å². The fourth-order valence-corrected chi connectivity index (χ4v) is 3.28. The van der Waals surface area contributed by atoms with Gasteiger partial charge in [-0.05, 0) is 52.1 Å². The number of rotatable bonds is 3. The number of ether oxygens (including phenoxy) is 1. The first kappa shape index (κ1) is 18.1.